The maximum absolute atomic E-state index is 6.48. The molecule has 3 atom stereocenters. The minimum absolute atomic E-state index is 0.142. The fourth-order valence-corrected chi connectivity index (χ4v) is 4.35. The SMILES string of the molecule is COc1cccc2c1N[C@H](c1ccc(Cl)cc1Cl)[C@H]1CC=C[C@H]21. The van der Waals surface area contributed by atoms with Crippen LogP contribution in [0.15, 0.2) is 48.6 Å². The van der Waals surface area contributed by atoms with Gasteiger partial charge in [-0.25, -0.2) is 0 Å². The van der Waals surface area contributed by atoms with Gasteiger partial charge in [-0.2, -0.15) is 0 Å². The van der Waals surface area contributed by atoms with Crippen LogP contribution in [0.3, 0.4) is 0 Å². The molecule has 4 heteroatoms. The van der Waals surface area contributed by atoms with Gasteiger partial charge in [-0.05, 0) is 41.7 Å². The highest BCUT2D eigenvalue weighted by molar-refractivity contribution is 6.35. The Kier molecular flexibility index (Phi) is 3.74. The van der Waals surface area contributed by atoms with Gasteiger partial charge in [0.2, 0.25) is 0 Å². The number of fused-ring (bicyclic) bond motifs is 3. The third-order valence-electron chi connectivity index (χ3n) is 4.88. The molecule has 0 amide bonds. The van der Waals surface area contributed by atoms with Gasteiger partial charge in [0, 0.05) is 16.0 Å². The number of nitrogens with one attached hydrogen (secondary N) is 1. The molecule has 0 radical (unpaired) electrons. The molecule has 1 heterocycles. The molecule has 2 nitrogen and oxygen atoms in total. The van der Waals surface area contributed by atoms with Crippen LogP contribution in [0.1, 0.15) is 29.5 Å². The van der Waals surface area contributed by atoms with Gasteiger partial charge in [0.05, 0.1) is 18.8 Å². The summed E-state index contributed by atoms with van der Waals surface area (Å²) in [6.45, 7) is 0. The van der Waals surface area contributed by atoms with E-state index in [1.165, 1.54) is 5.56 Å². The summed E-state index contributed by atoms with van der Waals surface area (Å²) in [6, 6.07) is 12.1. The minimum atomic E-state index is 0.142. The minimum Gasteiger partial charge on any atom is -0.495 e. The summed E-state index contributed by atoms with van der Waals surface area (Å²) in [5.41, 5.74) is 3.45. The molecule has 0 unspecified atom stereocenters. The average Bonchev–Trinajstić information content (AvgIpc) is 3.04. The summed E-state index contributed by atoms with van der Waals surface area (Å²) < 4.78 is 5.55. The zero-order chi connectivity index (χ0) is 16.0. The van der Waals surface area contributed by atoms with Gasteiger partial charge < -0.3 is 10.1 Å². The average molecular weight is 346 g/mol. The second kappa shape index (κ2) is 5.77. The molecule has 2 aliphatic rings. The molecular weight excluding hydrogens is 329 g/mol. The Labute approximate surface area is 146 Å². The summed E-state index contributed by atoms with van der Waals surface area (Å²) in [6.07, 6.45) is 5.61. The molecule has 1 N–H and O–H groups in total. The summed E-state index contributed by atoms with van der Waals surface area (Å²) in [5, 5.41) is 5.04. The Balaban J connectivity index is 1.83. The van der Waals surface area contributed by atoms with Crippen LogP contribution in [0.2, 0.25) is 10.0 Å². The van der Waals surface area contributed by atoms with Gasteiger partial charge in [-0.1, -0.05) is 53.6 Å². The highest BCUT2D eigenvalue weighted by Crippen LogP contribution is 2.52. The molecule has 0 spiro atoms. The molecule has 0 aromatic heterocycles. The van der Waals surface area contributed by atoms with E-state index >= 15 is 0 Å². The highest BCUT2D eigenvalue weighted by Gasteiger charge is 2.39. The molecule has 118 valence electrons. The third kappa shape index (κ3) is 2.41. The van der Waals surface area contributed by atoms with Crippen molar-refractivity contribution in [3.05, 3.63) is 69.7 Å². The second-order valence-electron chi connectivity index (χ2n) is 6.07. The number of allylic oxidation sites excluding steroid dienone is 2. The largest absolute Gasteiger partial charge is 0.495 e. The number of benzene rings is 2. The van der Waals surface area contributed by atoms with Crippen LogP contribution in [0.4, 0.5) is 5.69 Å². The molecule has 1 aliphatic heterocycles. The molecule has 0 fully saturated rings. The van der Waals surface area contributed by atoms with Crippen molar-refractivity contribution in [2.75, 3.05) is 12.4 Å². The number of ether oxygens (including phenoxy) is 1. The van der Waals surface area contributed by atoms with Crippen LogP contribution in [0.5, 0.6) is 5.75 Å². The summed E-state index contributed by atoms with van der Waals surface area (Å²) >= 11 is 12.5. The van der Waals surface area contributed by atoms with Gasteiger partial charge >= 0.3 is 0 Å². The number of hydrogen-bond acceptors (Lipinski definition) is 2. The van der Waals surface area contributed by atoms with E-state index in [1.54, 1.807) is 7.11 Å². The van der Waals surface area contributed by atoms with E-state index in [-0.39, 0.29) is 6.04 Å². The highest BCUT2D eigenvalue weighted by atomic mass is 35.5. The predicted octanol–water partition coefficient (Wildman–Crippen LogP) is 5.83. The maximum atomic E-state index is 6.48. The molecule has 23 heavy (non-hydrogen) atoms. The lowest BCUT2D eigenvalue weighted by Crippen LogP contribution is -2.29. The van der Waals surface area contributed by atoms with Gasteiger partial charge in [-0.15, -0.1) is 0 Å². The van der Waals surface area contributed by atoms with Crippen molar-refractivity contribution >= 4 is 28.9 Å². The van der Waals surface area contributed by atoms with Crippen molar-refractivity contribution in [3.63, 3.8) is 0 Å². The monoisotopic (exact) mass is 345 g/mol. The molecule has 0 saturated heterocycles. The zero-order valence-electron chi connectivity index (χ0n) is 12.7. The van der Waals surface area contributed by atoms with Gasteiger partial charge in [0.15, 0.2) is 0 Å². The third-order valence-corrected chi connectivity index (χ3v) is 5.44. The quantitative estimate of drug-likeness (QED) is 0.691. The number of halogens is 2. The Bertz CT molecular complexity index is 787. The number of rotatable bonds is 2. The summed E-state index contributed by atoms with van der Waals surface area (Å²) in [4.78, 5) is 0. The lowest BCUT2D eigenvalue weighted by Gasteiger charge is -2.38. The van der Waals surface area contributed by atoms with E-state index in [0.717, 1.165) is 23.4 Å². The first kappa shape index (κ1) is 14.9. The van der Waals surface area contributed by atoms with Gasteiger partial charge in [0.1, 0.15) is 5.75 Å². The molecule has 0 bridgehead atoms. The fraction of sp³-hybridized carbons (Fsp3) is 0.263. The van der Waals surface area contributed by atoms with Crippen molar-refractivity contribution in [2.45, 2.75) is 18.4 Å². The lowest BCUT2D eigenvalue weighted by molar-refractivity contribution is 0.397. The Morgan fingerprint density at radius 3 is 2.78 bits per heavy atom. The summed E-state index contributed by atoms with van der Waals surface area (Å²) in [7, 11) is 1.71. The normalized spacial score (nSPS) is 24.7. The first-order valence-corrected chi connectivity index (χ1v) is 8.49. The van der Waals surface area contributed by atoms with Gasteiger partial charge in [-0.3, -0.25) is 0 Å². The maximum Gasteiger partial charge on any atom is 0.142 e. The molecule has 4 rings (SSSR count). The van der Waals surface area contributed by atoms with E-state index in [1.807, 2.05) is 24.3 Å². The zero-order valence-corrected chi connectivity index (χ0v) is 14.2. The Morgan fingerprint density at radius 1 is 1.13 bits per heavy atom. The van der Waals surface area contributed by atoms with Crippen LogP contribution >= 0.6 is 23.2 Å². The van der Waals surface area contributed by atoms with Gasteiger partial charge in [0.25, 0.3) is 0 Å². The predicted molar refractivity (Wildman–Crippen MR) is 95.8 cm³/mol. The fourth-order valence-electron chi connectivity index (χ4n) is 3.82. The smallest absolute Gasteiger partial charge is 0.142 e. The first-order valence-electron chi connectivity index (χ1n) is 7.74. The van der Waals surface area contributed by atoms with E-state index < -0.39 is 0 Å². The lowest BCUT2D eigenvalue weighted by atomic mass is 9.77. The van der Waals surface area contributed by atoms with Crippen molar-refractivity contribution in [3.8, 4) is 5.75 Å². The van der Waals surface area contributed by atoms with E-state index in [0.29, 0.717) is 21.9 Å². The van der Waals surface area contributed by atoms with Crippen molar-refractivity contribution in [1.82, 2.24) is 0 Å². The van der Waals surface area contributed by atoms with Crippen LogP contribution in [0.25, 0.3) is 0 Å². The number of anilines is 1. The van der Waals surface area contributed by atoms with Crippen LogP contribution in [0, 0.1) is 5.92 Å². The Morgan fingerprint density at radius 2 is 2.00 bits per heavy atom. The van der Waals surface area contributed by atoms with Crippen molar-refractivity contribution < 1.29 is 4.74 Å². The van der Waals surface area contributed by atoms with Crippen molar-refractivity contribution in [2.24, 2.45) is 5.92 Å². The standard InChI is InChI=1S/C19H17Cl2NO/c1-23-17-7-3-6-14-12-4-2-5-13(12)18(22-19(14)17)15-9-8-11(20)10-16(15)21/h2-4,6-10,12-13,18,22H,5H2,1H3/t12-,13-,18-/m0/s1. The van der Waals surface area contributed by atoms with Crippen LogP contribution in [-0.4, -0.2) is 7.11 Å². The topological polar surface area (TPSA) is 21.3 Å². The second-order valence-corrected chi connectivity index (χ2v) is 6.91. The Hall–Kier alpha value is -1.64. The first-order chi connectivity index (χ1) is 11.2. The van der Waals surface area contributed by atoms with E-state index in [4.69, 9.17) is 27.9 Å². The van der Waals surface area contributed by atoms with E-state index in [2.05, 4.69) is 29.6 Å². The number of methoxy groups -OCH3 is 1. The molecular formula is C19H17Cl2NO. The molecule has 2 aromatic carbocycles. The molecule has 2 aromatic rings. The number of para-hydroxylation sites is 1. The summed E-state index contributed by atoms with van der Waals surface area (Å²) in [5.74, 6) is 1.71. The van der Waals surface area contributed by atoms with Crippen LogP contribution in [-0.2, 0) is 0 Å². The number of hydrogen-bond donors (Lipinski definition) is 1. The molecule has 0 saturated carbocycles. The van der Waals surface area contributed by atoms with Crippen molar-refractivity contribution in [1.29, 1.82) is 0 Å². The molecule has 1 aliphatic carbocycles. The van der Waals surface area contributed by atoms with E-state index in [9.17, 15) is 0 Å². The van der Waals surface area contributed by atoms with Crippen LogP contribution < -0.4 is 10.1 Å².